The van der Waals surface area contributed by atoms with Gasteiger partial charge in [0.1, 0.15) is 17.4 Å². The van der Waals surface area contributed by atoms with E-state index in [1.165, 1.54) is 26.1 Å². The normalized spacial score (nSPS) is 20.1. The van der Waals surface area contributed by atoms with Crippen LogP contribution in [-0.4, -0.2) is 72.7 Å². The Morgan fingerprint density at radius 3 is 2.42 bits per heavy atom. The zero-order valence-electron chi connectivity index (χ0n) is 21.1. The van der Waals surface area contributed by atoms with E-state index in [9.17, 15) is 29.4 Å². The van der Waals surface area contributed by atoms with Crippen molar-refractivity contribution in [2.45, 2.75) is 38.4 Å². The molecule has 4 atom stereocenters. The molecule has 15 heteroatoms. The van der Waals surface area contributed by atoms with Gasteiger partial charge in [-0.25, -0.2) is 9.78 Å². The number of anilines is 1. The molecule has 4 aromatic rings. The first kappa shape index (κ1) is 28.4. The van der Waals surface area contributed by atoms with E-state index in [1.807, 2.05) is 12.1 Å². The number of nitrogens with zero attached hydrogens (tertiary/aromatic N) is 3. The van der Waals surface area contributed by atoms with Crippen molar-refractivity contribution in [2.75, 3.05) is 12.3 Å². The molecule has 0 amide bonds. The van der Waals surface area contributed by atoms with E-state index < -0.39 is 53.9 Å². The molecule has 0 unspecified atom stereocenters. The quantitative estimate of drug-likeness (QED) is 0.249. The molecule has 5 N–H and O–H groups in total. The topological polar surface area (TPSA) is 213 Å². The van der Waals surface area contributed by atoms with E-state index in [0.29, 0.717) is 10.1 Å². The molecule has 1 aliphatic heterocycles. The highest BCUT2D eigenvalue weighted by atomic mass is 32.1. The summed E-state index contributed by atoms with van der Waals surface area (Å²) in [6.45, 7) is 1.83. The number of aliphatic hydroxyl groups excluding tert-OH is 1. The third kappa shape index (κ3) is 5.70. The van der Waals surface area contributed by atoms with Gasteiger partial charge in [0, 0.05) is 19.2 Å². The minimum absolute atomic E-state index is 0.0543. The maximum atomic E-state index is 12.5. The van der Waals surface area contributed by atoms with E-state index in [4.69, 9.17) is 25.1 Å². The van der Waals surface area contributed by atoms with Crippen molar-refractivity contribution in [1.82, 2.24) is 14.5 Å². The van der Waals surface area contributed by atoms with Gasteiger partial charge in [0.25, 0.3) is 0 Å². The van der Waals surface area contributed by atoms with Crippen molar-refractivity contribution >= 4 is 56.3 Å². The zero-order valence-corrected chi connectivity index (χ0v) is 21.9. The number of aromatic nitrogens is 3. The molecule has 40 heavy (non-hydrogen) atoms. The van der Waals surface area contributed by atoms with Crippen LogP contribution < -0.4 is 10.6 Å². The Kier molecular flexibility index (Phi) is 8.27. The Balaban J connectivity index is 0.000000222. The van der Waals surface area contributed by atoms with Crippen molar-refractivity contribution in [1.29, 1.82) is 0 Å². The summed E-state index contributed by atoms with van der Waals surface area (Å²) in [4.78, 5) is 53.5. The number of rotatable bonds is 5. The Bertz CT molecular complexity index is 1650. The van der Waals surface area contributed by atoms with Crippen molar-refractivity contribution in [3.8, 4) is 5.75 Å². The van der Waals surface area contributed by atoms with Crippen LogP contribution >= 0.6 is 11.3 Å². The standard InChI is InChI=1S/C14H16N4O7S.C11H8O3/c1-5(20)23-9-7(4-19)25-12(10(9)24-6(2)21)18-11-8(26-14(18)22)3-16-13(15)17-11;12-10-8-4-2-1-3-7(8)5-6-9(10)11(13)14/h3,7,9-10,12,19H,4H2,1-2H3,(H2,15,16,17);1-6,12H,(H,13,14)/t7-,9-,10-,12-;/m1./s1. The molecule has 1 fully saturated rings. The lowest BCUT2D eigenvalue weighted by Crippen LogP contribution is -2.40. The SMILES string of the molecule is CC(=O)O[C@@H]1[C@H](OC(C)=O)[C@@H](CO)O[C@H]1n1c(=O)sc2cnc(N)nc21.O=C(O)c1ccc2ccccc2c1O. The minimum Gasteiger partial charge on any atom is -0.506 e. The van der Waals surface area contributed by atoms with Crippen LogP contribution in [0.2, 0.25) is 0 Å². The number of aromatic hydroxyl groups is 1. The summed E-state index contributed by atoms with van der Waals surface area (Å²) in [7, 11) is 0. The maximum absolute atomic E-state index is 12.5. The van der Waals surface area contributed by atoms with Crippen molar-refractivity contribution in [3.05, 3.63) is 57.8 Å². The van der Waals surface area contributed by atoms with Gasteiger partial charge in [0.05, 0.1) is 17.5 Å². The molecule has 0 radical (unpaired) electrons. The summed E-state index contributed by atoms with van der Waals surface area (Å²) < 4.78 is 17.7. The van der Waals surface area contributed by atoms with Crippen LogP contribution in [0.4, 0.5) is 5.95 Å². The van der Waals surface area contributed by atoms with Gasteiger partial charge < -0.3 is 35.3 Å². The van der Waals surface area contributed by atoms with Gasteiger partial charge in [-0.2, -0.15) is 4.98 Å². The Morgan fingerprint density at radius 1 is 1.10 bits per heavy atom. The first-order chi connectivity index (χ1) is 19.0. The number of carbonyl (C=O) groups excluding carboxylic acids is 2. The summed E-state index contributed by atoms with van der Waals surface area (Å²) >= 11 is 0.855. The van der Waals surface area contributed by atoms with Gasteiger partial charge in [-0.3, -0.25) is 19.0 Å². The molecular formula is C25H24N4O10S. The van der Waals surface area contributed by atoms with Crippen LogP contribution in [0, 0.1) is 0 Å². The predicted molar refractivity (Wildman–Crippen MR) is 141 cm³/mol. The minimum atomic E-state index is -1.16. The van der Waals surface area contributed by atoms with Crippen LogP contribution in [-0.2, 0) is 23.8 Å². The Labute approximate surface area is 229 Å². The number of phenols is 1. The highest BCUT2D eigenvalue weighted by molar-refractivity contribution is 7.16. The molecule has 1 aliphatic rings. The highest BCUT2D eigenvalue weighted by Crippen LogP contribution is 2.35. The number of aliphatic hydroxyl groups is 1. The van der Waals surface area contributed by atoms with E-state index in [1.54, 1.807) is 18.2 Å². The number of hydrogen-bond donors (Lipinski definition) is 4. The highest BCUT2D eigenvalue weighted by Gasteiger charge is 2.50. The molecule has 5 rings (SSSR count). The third-order valence-electron chi connectivity index (χ3n) is 5.83. The number of carbonyl (C=O) groups is 3. The van der Waals surface area contributed by atoms with Crippen LogP contribution in [0.15, 0.2) is 47.4 Å². The third-order valence-corrected chi connectivity index (χ3v) is 6.71. The fourth-order valence-electron chi connectivity index (χ4n) is 4.22. The smallest absolute Gasteiger partial charge is 0.339 e. The number of fused-ring (bicyclic) bond motifs is 2. The van der Waals surface area contributed by atoms with Gasteiger partial charge in [-0.1, -0.05) is 41.7 Å². The number of nitrogens with two attached hydrogens (primary N) is 1. The predicted octanol–water partition coefficient (Wildman–Crippen LogP) is 1.43. The lowest BCUT2D eigenvalue weighted by molar-refractivity contribution is -0.165. The molecule has 14 nitrogen and oxygen atoms in total. The Hall–Kier alpha value is -4.60. The second kappa shape index (κ2) is 11.6. The zero-order chi connectivity index (χ0) is 29.1. The molecular weight excluding hydrogens is 548 g/mol. The number of hydrogen-bond acceptors (Lipinski definition) is 13. The fraction of sp³-hybridized carbons (Fsp3) is 0.280. The van der Waals surface area contributed by atoms with E-state index in [-0.39, 0.29) is 22.9 Å². The molecule has 2 aromatic heterocycles. The number of thiazole rings is 1. The maximum Gasteiger partial charge on any atom is 0.339 e. The lowest BCUT2D eigenvalue weighted by atomic mass is 10.1. The van der Waals surface area contributed by atoms with Crippen LogP contribution in [0.3, 0.4) is 0 Å². The first-order valence-electron chi connectivity index (χ1n) is 11.7. The van der Waals surface area contributed by atoms with Gasteiger partial charge in [-0.15, -0.1) is 0 Å². The number of carboxylic acid groups (broad SMARTS) is 1. The molecule has 1 saturated heterocycles. The second-order valence-corrected chi connectivity index (χ2v) is 9.53. The lowest BCUT2D eigenvalue weighted by Gasteiger charge is -2.23. The summed E-state index contributed by atoms with van der Waals surface area (Å²) in [5.74, 6) is -2.66. The molecule has 0 spiro atoms. The van der Waals surface area contributed by atoms with Crippen molar-refractivity contribution in [2.24, 2.45) is 0 Å². The van der Waals surface area contributed by atoms with Crippen molar-refractivity contribution < 1.29 is 43.9 Å². The van der Waals surface area contributed by atoms with Crippen molar-refractivity contribution in [3.63, 3.8) is 0 Å². The van der Waals surface area contributed by atoms with E-state index >= 15 is 0 Å². The molecule has 0 saturated carbocycles. The number of benzene rings is 2. The van der Waals surface area contributed by atoms with Gasteiger partial charge in [0.15, 0.2) is 24.1 Å². The molecule has 0 bridgehead atoms. The molecule has 2 aromatic carbocycles. The number of esters is 2. The largest absolute Gasteiger partial charge is 0.506 e. The monoisotopic (exact) mass is 572 g/mol. The summed E-state index contributed by atoms with van der Waals surface area (Å²) in [6.07, 6.45) is -3.00. The van der Waals surface area contributed by atoms with Gasteiger partial charge >= 0.3 is 22.8 Å². The molecule has 0 aliphatic carbocycles. The Morgan fingerprint density at radius 2 is 1.77 bits per heavy atom. The summed E-state index contributed by atoms with van der Waals surface area (Å²) in [5, 5.41) is 29.4. The van der Waals surface area contributed by atoms with Gasteiger partial charge in [-0.05, 0) is 11.5 Å². The number of aromatic carboxylic acids is 1. The second-order valence-electron chi connectivity index (χ2n) is 8.54. The average Bonchev–Trinajstić information content (AvgIpc) is 3.39. The fourth-order valence-corrected chi connectivity index (χ4v) is 5.03. The summed E-state index contributed by atoms with van der Waals surface area (Å²) in [6, 6.07) is 10.2. The first-order valence-corrected chi connectivity index (χ1v) is 12.5. The van der Waals surface area contributed by atoms with E-state index in [2.05, 4.69) is 9.97 Å². The number of nitrogen functional groups attached to an aromatic ring is 1. The summed E-state index contributed by atoms with van der Waals surface area (Å²) in [5.41, 5.74) is 5.72. The van der Waals surface area contributed by atoms with E-state index in [0.717, 1.165) is 21.3 Å². The van der Waals surface area contributed by atoms with Gasteiger partial charge in [0.2, 0.25) is 5.95 Å². The molecule has 3 heterocycles. The average molecular weight is 573 g/mol. The number of ether oxygens (including phenoxy) is 3. The van der Waals surface area contributed by atoms with Crippen LogP contribution in [0.1, 0.15) is 30.4 Å². The van der Waals surface area contributed by atoms with Crippen LogP contribution in [0.25, 0.3) is 21.1 Å². The van der Waals surface area contributed by atoms with Crippen LogP contribution in [0.5, 0.6) is 5.75 Å². The number of carboxylic acids is 1. The molecule has 210 valence electrons.